The topological polar surface area (TPSA) is 52.6 Å². The van der Waals surface area contributed by atoms with Gasteiger partial charge < -0.3 is 8.85 Å². The van der Waals surface area contributed by atoms with E-state index >= 15 is 0 Å². The van der Waals surface area contributed by atoms with Crippen LogP contribution in [0.15, 0.2) is 0 Å². The summed E-state index contributed by atoms with van der Waals surface area (Å²) >= 11 is 0. The van der Waals surface area contributed by atoms with Gasteiger partial charge in [-0.3, -0.25) is 9.59 Å². The van der Waals surface area contributed by atoms with Crippen molar-refractivity contribution in [3.63, 3.8) is 0 Å². The maximum atomic E-state index is 12.0. The number of rotatable bonds is 9. The standard InChI is InChI=1S/C20H42O4Si2/c1-19(2,3)25(7,8)23-17(21)15-13-11-12-14-16-18(22)24-26(9,10)20(4,5)6/h11-16H2,1-10H3. The second-order valence-electron chi connectivity index (χ2n) is 10.4. The summed E-state index contributed by atoms with van der Waals surface area (Å²) in [6, 6.07) is 0. The van der Waals surface area contributed by atoms with Crippen LogP contribution in [-0.2, 0) is 18.4 Å². The third-order valence-corrected chi connectivity index (χ3v) is 14.6. The lowest BCUT2D eigenvalue weighted by atomic mass is 10.1. The van der Waals surface area contributed by atoms with Gasteiger partial charge in [0.15, 0.2) is 0 Å². The molecule has 0 amide bonds. The summed E-state index contributed by atoms with van der Waals surface area (Å²) in [5.41, 5.74) is 0. The van der Waals surface area contributed by atoms with Gasteiger partial charge in [0.1, 0.15) is 0 Å². The normalized spacial score (nSPS) is 13.5. The lowest BCUT2D eigenvalue weighted by Gasteiger charge is -2.35. The third kappa shape index (κ3) is 8.84. The van der Waals surface area contributed by atoms with Crippen molar-refractivity contribution in [3.8, 4) is 0 Å². The van der Waals surface area contributed by atoms with E-state index in [4.69, 9.17) is 8.85 Å². The van der Waals surface area contributed by atoms with Crippen LogP contribution in [0.2, 0.25) is 36.3 Å². The van der Waals surface area contributed by atoms with Crippen molar-refractivity contribution in [2.24, 2.45) is 0 Å². The fourth-order valence-electron chi connectivity index (χ4n) is 1.87. The molecule has 6 heteroatoms. The van der Waals surface area contributed by atoms with E-state index in [0.29, 0.717) is 12.8 Å². The first kappa shape index (κ1) is 25.4. The minimum Gasteiger partial charge on any atom is -0.519 e. The van der Waals surface area contributed by atoms with Crippen molar-refractivity contribution in [3.05, 3.63) is 0 Å². The first-order chi connectivity index (χ1) is 11.5. The molecule has 0 aromatic carbocycles. The maximum Gasteiger partial charge on any atom is 0.292 e. The molecule has 0 aliphatic heterocycles. The van der Waals surface area contributed by atoms with Gasteiger partial charge >= 0.3 is 0 Å². The average molecular weight is 403 g/mol. The van der Waals surface area contributed by atoms with Crippen molar-refractivity contribution in [2.45, 2.75) is 116 Å². The Bertz CT molecular complexity index is 427. The molecule has 0 N–H and O–H groups in total. The van der Waals surface area contributed by atoms with Crippen LogP contribution in [-0.4, -0.2) is 28.6 Å². The third-order valence-electron chi connectivity index (χ3n) is 5.86. The van der Waals surface area contributed by atoms with E-state index in [1.807, 2.05) is 0 Å². The molecule has 0 unspecified atom stereocenters. The summed E-state index contributed by atoms with van der Waals surface area (Å²) in [6.07, 6.45) is 4.48. The number of hydrogen-bond acceptors (Lipinski definition) is 4. The van der Waals surface area contributed by atoms with Gasteiger partial charge in [0.05, 0.1) is 0 Å². The second kappa shape index (κ2) is 9.53. The molecule has 0 saturated carbocycles. The average Bonchev–Trinajstić information content (AvgIpc) is 2.38. The Morgan fingerprint density at radius 2 is 0.885 bits per heavy atom. The Morgan fingerprint density at radius 3 is 1.12 bits per heavy atom. The number of unbranched alkanes of at least 4 members (excludes halogenated alkanes) is 3. The van der Waals surface area contributed by atoms with E-state index in [9.17, 15) is 9.59 Å². The molecule has 0 aliphatic carbocycles. The van der Waals surface area contributed by atoms with Crippen LogP contribution >= 0.6 is 0 Å². The highest BCUT2D eigenvalue weighted by molar-refractivity contribution is 6.75. The minimum absolute atomic E-state index is 0.0488. The summed E-state index contributed by atoms with van der Waals surface area (Å²) in [5.74, 6) is -0.150. The largest absolute Gasteiger partial charge is 0.519 e. The van der Waals surface area contributed by atoms with Gasteiger partial charge in [-0.2, -0.15) is 0 Å². The smallest absolute Gasteiger partial charge is 0.292 e. The monoisotopic (exact) mass is 402 g/mol. The summed E-state index contributed by atoms with van der Waals surface area (Å²) in [5, 5.41) is 0.0976. The van der Waals surface area contributed by atoms with Crippen LogP contribution in [0.3, 0.4) is 0 Å². The Morgan fingerprint density at radius 1 is 0.615 bits per heavy atom. The number of hydrogen-bond donors (Lipinski definition) is 0. The van der Waals surface area contributed by atoms with E-state index in [2.05, 4.69) is 67.7 Å². The Labute approximate surface area is 163 Å². The molecule has 0 fully saturated rings. The molecule has 0 aliphatic rings. The Balaban J connectivity index is 3.99. The van der Waals surface area contributed by atoms with Crippen molar-refractivity contribution >= 4 is 28.6 Å². The molecular formula is C20H42O4Si2. The first-order valence-electron chi connectivity index (χ1n) is 9.93. The van der Waals surface area contributed by atoms with Gasteiger partial charge in [-0.1, -0.05) is 54.4 Å². The van der Waals surface area contributed by atoms with Crippen LogP contribution in [0.1, 0.15) is 80.1 Å². The van der Waals surface area contributed by atoms with E-state index < -0.39 is 16.6 Å². The molecule has 0 saturated heterocycles. The van der Waals surface area contributed by atoms with Gasteiger partial charge in [-0.05, 0) is 49.1 Å². The van der Waals surface area contributed by atoms with Crippen molar-refractivity contribution in [2.75, 3.05) is 0 Å². The highest BCUT2D eigenvalue weighted by Gasteiger charge is 2.41. The van der Waals surface area contributed by atoms with E-state index in [1.165, 1.54) is 0 Å². The quantitative estimate of drug-likeness (QED) is 0.329. The molecule has 0 bridgehead atoms. The SMILES string of the molecule is CC(C)(C)[Si](C)(C)OC(=O)CCCCCCC(=O)O[Si](C)(C)C(C)(C)C. The fourth-order valence-corrected chi connectivity index (χ4v) is 3.82. The molecule has 154 valence electrons. The van der Waals surface area contributed by atoms with E-state index in [1.54, 1.807) is 0 Å². The van der Waals surface area contributed by atoms with Gasteiger partial charge in [0, 0.05) is 12.8 Å². The van der Waals surface area contributed by atoms with Crippen LogP contribution in [0.5, 0.6) is 0 Å². The molecule has 0 radical (unpaired) electrons. The lowest BCUT2D eigenvalue weighted by Crippen LogP contribution is -2.42. The molecule has 0 atom stereocenters. The Kier molecular flexibility index (Phi) is 9.30. The van der Waals surface area contributed by atoms with Gasteiger partial charge in [-0.15, -0.1) is 0 Å². The second-order valence-corrected chi connectivity index (χ2v) is 19.8. The predicted molar refractivity (Wildman–Crippen MR) is 114 cm³/mol. The number of carbonyl (C=O) groups excluding carboxylic acids is 2. The molecule has 0 heterocycles. The highest BCUT2D eigenvalue weighted by atomic mass is 28.4. The highest BCUT2D eigenvalue weighted by Crippen LogP contribution is 2.37. The number of carbonyl (C=O) groups is 2. The molecular weight excluding hydrogens is 360 g/mol. The molecule has 0 spiro atoms. The van der Waals surface area contributed by atoms with Gasteiger partial charge in [-0.25, -0.2) is 0 Å². The summed E-state index contributed by atoms with van der Waals surface area (Å²) in [6.45, 7) is 21.2. The minimum atomic E-state index is -2.00. The molecule has 0 aromatic rings. The molecule has 0 rings (SSSR count). The van der Waals surface area contributed by atoms with Crippen LogP contribution in [0, 0.1) is 0 Å². The van der Waals surface area contributed by atoms with Crippen LogP contribution < -0.4 is 0 Å². The first-order valence-corrected chi connectivity index (χ1v) is 15.7. The van der Waals surface area contributed by atoms with Crippen LogP contribution in [0.4, 0.5) is 0 Å². The van der Waals surface area contributed by atoms with Gasteiger partial charge in [0.25, 0.3) is 28.6 Å². The van der Waals surface area contributed by atoms with Crippen LogP contribution in [0.25, 0.3) is 0 Å². The predicted octanol–water partition coefficient (Wildman–Crippen LogP) is 6.42. The maximum absolute atomic E-state index is 12.0. The fraction of sp³-hybridized carbons (Fsp3) is 0.900. The Hall–Kier alpha value is -0.626. The van der Waals surface area contributed by atoms with Crippen molar-refractivity contribution < 1.29 is 18.4 Å². The summed E-state index contributed by atoms with van der Waals surface area (Å²) in [7, 11) is -4.01. The molecule has 4 nitrogen and oxygen atoms in total. The van der Waals surface area contributed by atoms with Crippen molar-refractivity contribution in [1.82, 2.24) is 0 Å². The van der Waals surface area contributed by atoms with E-state index in [0.717, 1.165) is 25.7 Å². The zero-order chi connectivity index (χ0) is 20.8. The molecule has 0 aromatic heterocycles. The summed E-state index contributed by atoms with van der Waals surface area (Å²) < 4.78 is 11.5. The lowest BCUT2D eigenvalue weighted by molar-refractivity contribution is -0.136. The zero-order valence-electron chi connectivity index (χ0n) is 18.9. The van der Waals surface area contributed by atoms with Gasteiger partial charge in [0.2, 0.25) is 0 Å². The zero-order valence-corrected chi connectivity index (χ0v) is 20.9. The molecule has 26 heavy (non-hydrogen) atoms. The van der Waals surface area contributed by atoms with E-state index in [-0.39, 0.29) is 22.0 Å². The summed E-state index contributed by atoms with van der Waals surface area (Å²) in [4.78, 5) is 24.1. The van der Waals surface area contributed by atoms with Crippen molar-refractivity contribution in [1.29, 1.82) is 0 Å².